The van der Waals surface area contributed by atoms with Gasteiger partial charge in [-0.15, -0.1) is 12.6 Å². The monoisotopic (exact) mass is 403 g/mol. The number of rotatable bonds is 2. The summed E-state index contributed by atoms with van der Waals surface area (Å²) in [6.45, 7) is 0. The predicted molar refractivity (Wildman–Crippen MR) is 83.4 cm³/mol. The van der Waals surface area contributed by atoms with E-state index >= 15 is 0 Å². The zero-order valence-corrected chi connectivity index (χ0v) is 13.5. The molecule has 0 saturated carbocycles. The van der Waals surface area contributed by atoms with Crippen molar-refractivity contribution in [1.29, 1.82) is 0 Å². The first-order valence-electron chi connectivity index (χ1n) is 5.22. The number of amides is 1. The third-order valence-electron chi connectivity index (χ3n) is 2.37. The topological polar surface area (TPSA) is 29.1 Å². The third-order valence-corrected chi connectivity index (χ3v) is 3.83. The van der Waals surface area contributed by atoms with Gasteiger partial charge in [-0.1, -0.05) is 15.9 Å². The van der Waals surface area contributed by atoms with Gasteiger partial charge in [0.05, 0.1) is 11.3 Å². The van der Waals surface area contributed by atoms with Crippen LogP contribution in [0.2, 0.25) is 0 Å². The van der Waals surface area contributed by atoms with E-state index in [4.69, 9.17) is 0 Å². The van der Waals surface area contributed by atoms with E-state index in [2.05, 4.69) is 49.8 Å². The molecule has 2 aromatic rings. The molecule has 0 fully saturated rings. The zero-order chi connectivity index (χ0) is 14.0. The van der Waals surface area contributed by atoms with Crippen LogP contribution in [0.1, 0.15) is 10.4 Å². The molecule has 0 atom stereocenters. The first-order valence-corrected chi connectivity index (χ1v) is 7.25. The van der Waals surface area contributed by atoms with Gasteiger partial charge in [-0.25, -0.2) is 4.39 Å². The Morgan fingerprint density at radius 1 is 1.16 bits per heavy atom. The number of anilines is 1. The second-order valence-electron chi connectivity index (χ2n) is 3.74. The van der Waals surface area contributed by atoms with E-state index in [1.807, 2.05) is 0 Å². The van der Waals surface area contributed by atoms with Crippen LogP contribution in [0, 0.1) is 5.82 Å². The summed E-state index contributed by atoms with van der Waals surface area (Å²) < 4.78 is 14.9. The Kier molecular flexibility index (Phi) is 4.65. The predicted octanol–water partition coefficient (Wildman–Crippen LogP) is 4.89. The Bertz CT molecular complexity index is 649. The summed E-state index contributed by atoms with van der Waals surface area (Å²) in [5, 5.41) is 2.53. The molecule has 0 aromatic heterocycles. The molecule has 19 heavy (non-hydrogen) atoms. The Labute approximate surface area is 132 Å². The van der Waals surface area contributed by atoms with E-state index in [0.29, 0.717) is 19.4 Å². The van der Waals surface area contributed by atoms with E-state index in [9.17, 15) is 9.18 Å². The number of halogens is 3. The maximum Gasteiger partial charge on any atom is 0.256 e. The fourth-order valence-electron chi connectivity index (χ4n) is 1.47. The maximum atomic E-state index is 13.6. The zero-order valence-electron chi connectivity index (χ0n) is 9.45. The largest absolute Gasteiger partial charge is 0.319 e. The lowest BCUT2D eigenvalue weighted by atomic mass is 10.2. The summed E-state index contributed by atoms with van der Waals surface area (Å²) in [5.74, 6) is -0.894. The van der Waals surface area contributed by atoms with Crippen molar-refractivity contribution in [3.63, 3.8) is 0 Å². The first-order chi connectivity index (χ1) is 8.97. The summed E-state index contributed by atoms with van der Waals surface area (Å²) in [5.41, 5.74) is 0.516. The van der Waals surface area contributed by atoms with Crippen molar-refractivity contribution in [2.24, 2.45) is 0 Å². The highest BCUT2D eigenvalue weighted by molar-refractivity contribution is 9.10. The highest BCUT2D eigenvalue weighted by atomic mass is 79.9. The lowest BCUT2D eigenvalue weighted by Crippen LogP contribution is -2.13. The van der Waals surface area contributed by atoms with Crippen molar-refractivity contribution in [3.8, 4) is 0 Å². The Morgan fingerprint density at radius 3 is 2.63 bits per heavy atom. The third kappa shape index (κ3) is 3.58. The van der Waals surface area contributed by atoms with Crippen LogP contribution in [-0.4, -0.2) is 5.91 Å². The molecule has 2 aromatic carbocycles. The van der Waals surface area contributed by atoms with Crippen LogP contribution in [-0.2, 0) is 0 Å². The minimum atomic E-state index is -0.491. The standard InChI is InChI=1S/C13H8Br2FNOS/c14-7-1-4-11(16)12(5-7)17-13(18)9-6-8(19)2-3-10(9)15/h1-6,19H,(H,17,18). The summed E-state index contributed by atoms with van der Waals surface area (Å²) in [7, 11) is 0. The fraction of sp³-hybridized carbons (Fsp3) is 0. The average molecular weight is 405 g/mol. The van der Waals surface area contributed by atoms with Gasteiger partial charge in [-0.05, 0) is 52.3 Å². The average Bonchev–Trinajstić information content (AvgIpc) is 2.36. The van der Waals surface area contributed by atoms with E-state index in [1.165, 1.54) is 12.1 Å². The minimum Gasteiger partial charge on any atom is -0.319 e. The van der Waals surface area contributed by atoms with E-state index in [0.717, 1.165) is 0 Å². The van der Waals surface area contributed by atoms with Gasteiger partial charge in [0.2, 0.25) is 0 Å². The summed E-state index contributed by atoms with van der Waals surface area (Å²) in [6.07, 6.45) is 0. The van der Waals surface area contributed by atoms with Crippen LogP contribution in [0.25, 0.3) is 0 Å². The molecule has 0 saturated heterocycles. The van der Waals surface area contributed by atoms with Gasteiger partial charge in [0.15, 0.2) is 0 Å². The number of benzene rings is 2. The molecule has 0 aliphatic heterocycles. The molecule has 0 radical (unpaired) electrons. The Balaban J connectivity index is 2.30. The number of nitrogens with one attached hydrogen (secondary N) is 1. The highest BCUT2D eigenvalue weighted by Crippen LogP contribution is 2.24. The lowest BCUT2D eigenvalue weighted by molar-refractivity contribution is 0.102. The molecule has 2 nitrogen and oxygen atoms in total. The van der Waals surface area contributed by atoms with Gasteiger partial charge in [-0.2, -0.15) is 0 Å². The molecule has 2 rings (SSSR count). The lowest BCUT2D eigenvalue weighted by Gasteiger charge is -2.09. The van der Waals surface area contributed by atoms with Crippen molar-refractivity contribution in [2.75, 3.05) is 5.32 Å². The van der Waals surface area contributed by atoms with Gasteiger partial charge in [0, 0.05) is 13.8 Å². The van der Waals surface area contributed by atoms with Crippen LogP contribution < -0.4 is 5.32 Å². The quantitative estimate of drug-likeness (QED) is 0.685. The SMILES string of the molecule is O=C(Nc1cc(Br)ccc1F)c1cc(S)ccc1Br. The highest BCUT2D eigenvalue weighted by Gasteiger charge is 2.13. The van der Waals surface area contributed by atoms with Crippen LogP contribution in [0.15, 0.2) is 50.2 Å². The van der Waals surface area contributed by atoms with Crippen molar-refractivity contribution >= 4 is 56.1 Å². The van der Waals surface area contributed by atoms with E-state index < -0.39 is 11.7 Å². The molecular formula is C13H8Br2FNOS. The molecule has 1 amide bonds. The van der Waals surface area contributed by atoms with Crippen molar-refractivity contribution < 1.29 is 9.18 Å². The number of thiol groups is 1. The first kappa shape index (κ1) is 14.6. The second-order valence-corrected chi connectivity index (χ2v) is 6.03. The molecule has 0 aliphatic rings. The molecule has 6 heteroatoms. The van der Waals surface area contributed by atoms with E-state index in [1.54, 1.807) is 24.3 Å². The summed E-state index contributed by atoms with van der Waals surface area (Å²) in [4.78, 5) is 12.7. The van der Waals surface area contributed by atoms with Crippen LogP contribution in [0.5, 0.6) is 0 Å². The molecular weight excluding hydrogens is 397 g/mol. The second kappa shape index (κ2) is 6.07. The molecule has 0 aliphatic carbocycles. The molecule has 0 spiro atoms. The maximum absolute atomic E-state index is 13.6. The molecule has 0 unspecified atom stereocenters. The normalized spacial score (nSPS) is 10.3. The molecule has 1 N–H and O–H groups in total. The summed E-state index contributed by atoms with van der Waals surface area (Å²) in [6, 6.07) is 9.43. The fourth-order valence-corrected chi connectivity index (χ4v) is 2.46. The van der Waals surface area contributed by atoms with Gasteiger partial charge < -0.3 is 5.32 Å². The van der Waals surface area contributed by atoms with Gasteiger partial charge in [0.25, 0.3) is 5.91 Å². The Hall–Kier alpha value is -0.850. The van der Waals surface area contributed by atoms with Gasteiger partial charge >= 0.3 is 0 Å². The van der Waals surface area contributed by atoms with Crippen molar-refractivity contribution in [3.05, 3.63) is 56.7 Å². The van der Waals surface area contributed by atoms with E-state index in [-0.39, 0.29) is 5.69 Å². The van der Waals surface area contributed by atoms with Crippen molar-refractivity contribution in [2.45, 2.75) is 4.90 Å². The van der Waals surface area contributed by atoms with Crippen LogP contribution in [0.3, 0.4) is 0 Å². The van der Waals surface area contributed by atoms with Crippen molar-refractivity contribution in [1.82, 2.24) is 0 Å². The number of hydrogen-bond acceptors (Lipinski definition) is 2. The molecule has 0 bridgehead atoms. The molecule has 0 heterocycles. The van der Waals surface area contributed by atoms with Gasteiger partial charge in [0.1, 0.15) is 5.82 Å². The smallest absolute Gasteiger partial charge is 0.256 e. The van der Waals surface area contributed by atoms with Gasteiger partial charge in [-0.3, -0.25) is 4.79 Å². The van der Waals surface area contributed by atoms with Crippen LogP contribution in [0.4, 0.5) is 10.1 Å². The number of hydrogen-bond donors (Lipinski definition) is 2. The minimum absolute atomic E-state index is 0.121. The Morgan fingerprint density at radius 2 is 1.89 bits per heavy atom. The number of carbonyl (C=O) groups excluding carboxylic acids is 1. The molecule has 98 valence electrons. The van der Waals surface area contributed by atoms with Crippen LogP contribution >= 0.6 is 44.5 Å². The number of carbonyl (C=O) groups is 1. The summed E-state index contributed by atoms with van der Waals surface area (Å²) >= 11 is 10.7.